The summed E-state index contributed by atoms with van der Waals surface area (Å²) in [7, 11) is 0. The molecule has 0 amide bonds. The quantitative estimate of drug-likeness (QED) is 0.359. The number of hydrogen-bond donors (Lipinski definition) is 0. The molecule has 4 heteroatoms. The number of rotatable bonds is 0. The second kappa shape index (κ2) is 9.47. The summed E-state index contributed by atoms with van der Waals surface area (Å²) in [5.74, 6) is 0. The molecular formula is C8H18Na2O2. The molecule has 0 aliphatic rings. The third-order valence-corrected chi connectivity index (χ3v) is 0. The third-order valence-electron chi connectivity index (χ3n) is 0. The van der Waals surface area contributed by atoms with E-state index in [1.165, 1.54) is 0 Å². The van der Waals surface area contributed by atoms with Crippen molar-refractivity contribution in [1.82, 2.24) is 0 Å². The fourth-order valence-electron chi connectivity index (χ4n) is 0. The predicted molar refractivity (Wildman–Crippen MR) is 39.5 cm³/mol. The van der Waals surface area contributed by atoms with Crippen molar-refractivity contribution in [2.45, 2.75) is 52.7 Å². The van der Waals surface area contributed by atoms with E-state index in [0.29, 0.717) is 0 Å². The summed E-state index contributed by atoms with van der Waals surface area (Å²) in [6.07, 6.45) is 0. The summed E-state index contributed by atoms with van der Waals surface area (Å²) in [5.41, 5.74) is -1.50. The SMILES string of the molecule is CC(C)(C)[O-].CC(C)(C)[O-].[Na+].[Na+]. The minimum atomic E-state index is -0.750. The normalized spacial score (nSPS) is 10.0. The van der Waals surface area contributed by atoms with Crippen LogP contribution in [-0.4, -0.2) is 11.2 Å². The molecule has 0 aliphatic heterocycles. The maximum Gasteiger partial charge on any atom is 1.00 e. The van der Waals surface area contributed by atoms with E-state index in [1.807, 2.05) is 0 Å². The van der Waals surface area contributed by atoms with Gasteiger partial charge in [-0.05, 0) is 0 Å². The Kier molecular flexibility index (Phi) is 18.6. The van der Waals surface area contributed by atoms with Crippen molar-refractivity contribution in [3.63, 3.8) is 0 Å². The summed E-state index contributed by atoms with van der Waals surface area (Å²) in [4.78, 5) is 0. The van der Waals surface area contributed by atoms with E-state index in [1.54, 1.807) is 41.5 Å². The van der Waals surface area contributed by atoms with Crippen molar-refractivity contribution in [1.29, 1.82) is 0 Å². The van der Waals surface area contributed by atoms with E-state index in [9.17, 15) is 10.2 Å². The van der Waals surface area contributed by atoms with Crippen LogP contribution in [0.1, 0.15) is 41.5 Å². The molecule has 12 heavy (non-hydrogen) atoms. The predicted octanol–water partition coefficient (Wildman–Crippen LogP) is -5.70. The molecule has 2 nitrogen and oxygen atoms in total. The molecule has 0 aliphatic carbocycles. The second-order valence-corrected chi connectivity index (χ2v) is 4.22. The van der Waals surface area contributed by atoms with Crippen LogP contribution in [0.25, 0.3) is 0 Å². The average Bonchev–Trinajstić information content (AvgIpc) is 1.12. The van der Waals surface area contributed by atoms with E-state index in [4.69, 9.17) is 0 Å². The largest absolute Gasteiger partial charge is 1.00 e. The van der Waals surface area contributed by atoms with Gasteiger partial charge in [0.1, 0.15) is 0 Å². The Bertz CT molecular complexity index is 58.0. The Labute approximate surface area is 121 Å². The molecule has 64 valence electrons. The Morgan fingerprint density at radius 3 is 0.583 bits per heavy atom. The molecule has 0 aromatic rings. The Hall–Kier alpha value is 1.92. The van der Waals surface area contributed by atoms with Crippen LogP contribution >= 0.6 is 0 Å². The Morgan fingerprint density at radius 1 is 0.583 bits per heavy atom. The van der Waals surface area contributed by atoms with Gasteiger partial charge in [-0.2, -0.15) is 0 Å². The van der Waals surface area contributed by atoms with Gasteiger partial charge in [0, 0.05) is 0 Å². The minimum Gasteiger partial charge on any atom is -0.850 e. The molecule has 0 N–H and O–H groups in total. The first-order valence-corrected chi connectivity index (χ1v) is 3.41. The minimum absolute atomic E-state index is 0. The van der Waals surface area contributed by atoms with E-state index in [2.05, 4.69) is 0 Å². The van der Waals surface area contributed by atoms with Crippen LogP contribution in [-0.2, 0) is 0 Å². The summed E-state index contributed by atoms with van der Waals surface area (Å²) < 4.78 is 0. The van der Waals surface area contributed by atoms with Crippen LogP contribution in [0.5, 0.6) is 0 Å². The molecule has 0 fully saturated rings. The van der Waals surface area contributed by atoms with Crippen molar-refractivity contribution in [2.24, 2.45) is 0 Å². The van der Waals surface area contributed by atoms with Crippen molar-refractivity contribution in [3.8, 4) is 0 Å². The summed E-state index contributed by atoms with van der Waals surface area (Å²) in [6, 6.07) is 0. The molecule has 0 heterocycles. The van der Waals surface area contributed by atoms with Gasteiger partial charge in [0.15, 0.2) is 0 Å². The first kappa shape index (κ1) is 23.6. The monoisotopic (exact) mass is 192 g/mol. The molecule has 0 rings (SSSR count). The fourth-order valence-corrected chi connectivity index (χ4v) is 0. The van der Waals surface area contributed by atoms with Gasteiger partial charge in [-0.25, -0.2) is 0 Å². The smallest absolute Gasteiger partial charge is 0.850 e. The van der Waals surface area contributed by atoms with Crippen molar-refractivity contribution in [2.75, 3.05) is 0 Å². The molecule has 0 radical (unpaired) electrons. The zero-order valence-electron chi connectivity index (χ0n) is 9.82. The topological polar surface area (TPSA) is 46.1 Å². The molecule has 0 aromatic carbocycles. The Balaban J connectivity index is -0.0000000457. The van der Waals surface area contributed by atoms with Gasteiger partial charge in [0.2, 0.25) is 0 Å². The Morgan fingerprint density at radius 2 is 0.583 bits per heavy atom. The van der Waals surface area contributed by atoms with Crippen molar-refractivity contribution < 1.29 is 69.3 Å². The zero-order chi connectivity index (χ0) is 9.00. The van der Waals surface area contributed by atoms with Crippen LogP contribution in [0.15, 0.2) is 0 Å². The van der Waals surface area contributed by atoms with Gasteiger partial charge < -0.3 is 10.2 Å². The molecule has 0 spiro atoms. The molecule has 0 saturated heterocycles. The van der Waals surface area contributed by atoms with Gasteiger partial charge in [-0.3, -0.25) is 0 Å². The molecule has 0 saturated carbocycles. The van der Waals surface area contributed by atoms with Crippen molar-refractivity contribution in [3.05, 3.63) is 0 Å². The fraction of sp³-hybridized carbons (Fsp3) is 1.00. The average molecular weight is 192 g/mol. The summed E-state index contributed by atoms with van der Waals surface area (Å²) in [5, 5.41) is 20.2. The maximum absolute atomic E-state index is 10.1. The molecule has 0 bridgehead atoms. The first-order chi connectivity index (χ1) is 4.00. The van der Waals surface area contributed by atoms with Crippen molar-refractivity contribution >= 4 is 0 Å². The van der Waals surface area contributed by atoms with Crippen LogP contribution in [0.4, 0.5) is 0 Å². The van der Waals surface area contributed by atoms with Gasteiger partial charge >= 0.3 is 59.1 Å². The van der Waals surface area contributed by atoms with Crippen LogP contribution in [0, 0.1) is 0 Å². The van der Waals surface area contributed by atoms with Gasteiger partial charge in [-0.15, -0.1) is 11.2 Å². The molecular weight excluding hydrogens is 174 g/mol. The van der Waals surface area contributed by atoms with Crippen LogP contribution in [0.2, 0.25) is 0 Å². The molecule has 0 atom stereocenters. The molecule has 0 aromatic heterocycles. The zero-order valence-corrected chi connectivity index (χ0v) is 13.8. The van der Waals surface area contributed by atoms with Gasteiger partial charge in [0.25, 0.3) is 0 Å². The second-order valence-electron chi connectivity index (χ2n) is 4.22. The van der Waals surface area contributed by atoms with E-state index < -0.39 is 11.2 Å². The standard InChI is InChI=1S/2C4H9O.2Na/c2*1-4(2,3)5;;/h2*1-3H3;;/q2*-1;2*+1. The number of hydrogen-bond acceptors (Lipinski definition) is 2. The van der Waals surface area contributed by atoms with Gasteiger partial charge in [-0.1, -0.05) is 41.5 Å². The van der Waals surface area contributed by atoms with E-state index in [-0.39, 0.29) is 59.1 Å². The maximum atomic E-state index is 10.1. The third kappa shape index (κ3) is 386. The van der Waals surface area contributed by atoms with Crippen LogP contribution < -0.4 is 69.3 Å². The molecule has 0 unspecified atom stereocenters. The summed E-state index contributed by atoms with van der Waals surface area (Å²) in [6.45, 7) is 9.79. The summed E-state index contributed by atoms with van der Waals surface area (Å²) >= 11 is 0. The van der Waals surface area contributed by atoms with E-state index in [0.717, 1.165) is 0 Å². The van der Waals surface area contributed by atoms with Gasteiger partial charge in [0.05, 0.1) is 0 Å². The van der Waals surface area contributed by atoms with Crippen LogP contribution in [0.3, 0.4) is 0 Å². The van der Waals surface area contributed by atoms with E-state index >= 15 is 0 Å². The first-order valence-electron chi connectivity index (χ1n) is 3.41.